The molecule has 0 spiro atoms. The molecule has 4 heteroatoms. The molecule has 1 atom stereocenters. The molecule has 3 rings (SSSR count). The molecule has 2 aromatic rings. The van der Waals surface area contributed by atoms with Gasteiger partial charge in [0.2, 0.25) is 0 Å². The van der Waals surface area contributed by atoms with Gasteiger partial charge in [-0.15, -0.1) is 0 Å². The Kier molecular flexibility index (Phi) is 3.82. The summed E-state index contributed by atoms with van der Waals surface area (Å²) in [6.07, 6.45) is 0.977. The largest absolute Gasteiger partial charge is 0.369 e. The molecule has 2 heterocycles. The molecular weight excluding hydrogens is 326 g/mol. The molecule has 1 aliphatic rings. The van der Waals surface area contributed by atoms with Gasteiger partial charge in [0.1, 0.15) is 5.82 Å². The fourth-order valence-corrected chi connectivity index (χ4v) is 3.41. The first-order chi connectivity index (χ1) is 9.94. The third kappa shape index (κ3) is 3.15. The number of nitrogens with zero attached hydrogens (tertiary/aromatic N) is 2. The maximum absolute atomic E-state index is 4.82. The highest BCUT2D eigenvalue weighted by Gasteiger charge is 2.26. The predicted molar refractivity (Wildman–Crippen MR) is 90.8 cm³/mol. The monoisotopic (exact) mass is 347 g/mol. The van der Waals surface area contributed by atoms with Crippen LogP contribution in [-0.4, -0.2) is 16.3 Å². The molecule has 1 unspecified atom stereocenters. The third-order valence-electron chi connectivity index (χ3n) is 3.84. The molecule has 112 valence electrons. The second kappa shape index (κ2) is 5.48. The van der Waals surface area contributed by atoms with Crippen molar-refractivity contribution in [1.82, 2.24) is 9.78 Å². The summed E-state index contributed by atoms with van der Waals surface area (Å²) in [5, 5.41) is 8.36. The molecule has 0 bridgehead atoms. The van der Waals surface area contributed by atoms with Crippen LogP contribution in [0.15, 0.2) is 34.8 Å². The van der Waals surface area contributed by atoms with Crippen LogP contribution >= 0.6 is 15.9 Å². The van der Waals surface area contributed by atoms with E-state index in [9.17, 15) is 0 Å². The zero-order valence-electron chi connectivity index (χ0n) is 12.9. The van der Waals surface area contributed by atoms with E-state index < -0.39 is 0 Å². The van der Waals surface area contributed by atoms with Crippen molar-refractivity contribution in [2.75, 3.05) is 11.9 Å². The number of hydrogen-bond donors (Lipinski definition) is 1. The number of halogens is 1. The summed E-state index contributed by atoms with van der Waals surface area (Å²) in [6, 6.07) is 10.7. The summed E-state index contributed by atoms with van der Waals surface area (Å²) in [6.45, 7) is 8.65. The van der Waals surface area contributed by atoms with E-state index >= 15 is 0 Å². The van der Waals surface area contributed by atoms with Crippen LogP contribution in [0.25, 0.3) is 0 Å². The summed E-state index contributed by atoms with van der Waals surface area (Å²) in [5.74, 6) is 1.61. The molecule has 0 aliphatic carbocycles. The maximum atomic E-state index is 4.82. The fraction of sp³-hybridized carbons (Fsp3) is 0.471. The number of benzene rings is 1. The van der Waals surface area contributed by atoms with Gasteiger partial charge < -0.3 is 5.32 Å². The molecule has 0 radical (unpaired) electrons. The maximum Gasteiger partial charge on any atom is 0.139 e. The lowest BCUT2D eigenvalue weighted by atomic mass is 9.91. The molecule has 1 N–H and O–H groups in total. The molecule has 0 saturated heterocycles. The summed E-state index contributed by atoms with van der Waals surface area (Å²) < 4.78 is 3.25. The van der Waals surface area contributed by atoms with Crippen molar-refractivity contribution >= 4 is 21.7 Å². The van der Waals surface area contributed by atoms with E-state index in [1.54, 1.807) is 0 Å². The predicted octanol–water partition coefficient (Wildman–Crippen LogP) is 4.44. The lowest BCUT2D eigenvalue weighted by molar-refractivity contribution is 0.400. The van der Waals surface area contributed by atoms with E-state index in [2.05, 4.69) is 77.0 Å². The molecule has 1 aromatic carbocycles. The first-order valence-corrected chi connectivity index (χ1v) is 8.27. The smallest absolute Gasteiger partial charge is 0.139 e. The van der Waals surface area contributed by atoms with Gasteiger partial charge in [0.25, 0.3) is 0 Å². The minimum Gasteiger partial charge on any atom is -0.369 e. The molecular formula is C17H22BrN3. The van der Waals surface area contributed by atoms with E-state index in [1.807, 2.05) is 0 Å². The van der Waals surface area contributed by atoms with Gasteiger partial charge in [-0.05, 0) is 33.3 Å². The van der Waals surface area contributed by atoms with Crippen molar-refractivity contribution < 1.29 is 0 Å². The summed E-state index contributed by atoms with van der Waals surface area (Å²) in [5.41, 5.74) is 2.77. The van der Waals surface area contributed by atoms with Crippen LogP contribution in [0.1, 0.15) is 37.9 Å². The Labute approximate surface area is 134 Å². The third-order valence-corrected chi connectivity index (χ3v) is 4.67. The van der Waals surface area contributed by atoms with Crippen LogP contribution in [0, 0.1) is 5.41 Å². The van der Waals surface area contributed by atoms with Gasteiger partial charge in [0, 0.05) is 12.5 Å². The molecule has 1 aliphatic heterocycles. The highest BCUT2D eigenvalue weighted by atomic mass is 79.9. The van der Waals surface area contributed by atoms with Gasteiger partial charge in [-0.1, -0.05) is 51.1 Å². The van der Waals surface area contributed by atoms with Crippen molar-refractivity contribution in [3.63, 3.8) is 0 Å². The quantitative estimate of drug-likeness (QED) is 0.869. The number of fused-ring (bicyclic) bond motifs is 1. The lowest BCUT2D eigenvalue weighted by Gasteiger charge is -2.25. The van der Waals surface area contributed by atoms with Crippen LogP contribution in [0.3, 0.4) is 0 Å². The average molecular weight is 348 g/mol. The minimum atomic E-state index is 0.242. The topological polar surface area (TPSA) is 29.9 Å². The Bertz CT molecular complexity index is 625. The van der Waals surface area contributed by atoms with E-state index in [4.69, 9.17) is 5.10 Å². The van der Waals surface area contributed by atoms with Crippen molar-refractivity contribution in [2.24, 2.45) is 5.41 Å². The van der Waals surface area contributed by atoms with Crippen LogP contribution in [0.4, 0.5) is 5.82 Å². The van der Waals surface area contributed by atoms with Crippen LogP contribution in [0.2, 0.25) is 0 Å². The molecule has 0 amide bonds. The SMILES string of the molecule is CC(C)(C)Cc1nn2c(c1Br)NCC(c1ccccc1)C2. The molecule has 0 fully saturated rings. The normalized spacial score (nSPS) is 18.2. The summed E-state index contributed by atoms with van der Waals surface area (Å²) in [4.78, 5) is 0. The number of nitrogens with one attached hydrogen (secondary N) is 1. The lowest BCUT2D eigenvalue weighted by Crippen LogP contribution is -2.26. The summed E-state index contributed by atoms with van der Waals surface area (Å²) >= 11 is 3.72. The standard InChI is InChI=1S/C17H22BrN3/c1-17(2,3)9-14-15(18)16-19-10-13(11-21(16)20-14)12-7-5-4-6-8-12/h4-8,13,19H,9-11H2,1-3H3. The molecule has 0 saturated carbocycles. The van der Waals surface area contributed by atoms with Gasteiger partial charge >= 0.3 is 0 Å². The van der Waals surface area contributed by atoms with E-state index in [1.165, 1.54) is 5.56 Å². The van der Waals surface area contributed by atoms with Crippen molar-refractivity contribution in [3.05, 3.63) is 46.1 Å². The molecule has 1 aromatic heterocycles. The zero-order valence-corrected chi connectivity index (χ0v) is 14.4. The zero-order chi connectivity index (χ0) is 15.0. The first-order valence-electron chi connectivity index (χ1n) is 7.48. The summed E-state index contributed by atoms with van der Waals surface area (Å²) in [7, 11) is 0. The highest BCUT2D eigenvalue weighted by molar-refractivity contribution is 9.10. The average Bonchev–Trinajstić information content (AvgIpc) is 2.74. The van der Waals surface area contributed by atoms with Gasteiger partial charge in [-0.3, -0.25) is 0 Å². The van der Waals surface area contributed by atoms with Crippen LogP contribution in [-0.2, 0) is 13.0 Å². The number of anilines is 1. The Morgan fingerprint density at radius 2 is 2.00 bits per heavy atom. The van der Waals surface area contributed by atoms with Gasteiger partial charge in [-0.25, -0.2) is 4.68 Å². The highest BCUT2D eigenvalue weighted by Crippen LogP contribution is 2.35. The van der Waals surface area contributed by atoms with Crippen LogP contribution < -0.4 is 5.32 Å². The Balaban J connectivity index is 1.85. The van der Waals surface area contributed by atoms with Crippen LogP contribution in [0.5, 0.6) is 0 Å². The second-order valence-electron chi connectivity index (χ2n) is 7.02. The number of aromatic nitrogens is 2. The Morgan fingerprint density at radius 3 is 2.67 bits per heavy atom. The van der Waals surface area contributed by atoms with E-state index in [0.29, 0.717) is 5.92 Å². The number of hydrogen-bond acceptors (Lipinski definition) is 2. The molecule has 21 heavy (non-hydrogen) atoms. The van der Waals surface area contributed by atoms with Gasteiger partial charge in [-0.2, -0.15) is 5.10 Å². The Hall–Kier alpha value is -1.29. The number of rotatable bonds is 2. The minimum absolute atomic E-state index is 0.242. The molecule has 3 nitrogen and oxygen atoms in total. The van der Waals surface area contributed by atoms with Crippen molar-refractivity contribution in [3.8, 4) is 0 Å². The van der Waals surface area contributed by atoms with Crippen molar-refractivity contribution in [1.29, 1.82) is 0 Å². The first kappa shape index (κ1) is 14.6. The van der Waals surface area contributed by atoms with Gasteiger partial charge in [0.15, 0.2) is 0 Å². The van der Waals surface area contributed by atoms with E-state index in [0.717, 1.165) is 35.5 Å². The fourth-order valence-electron chi connectivity index (χ4n) is 2.85. The van der Waals surface area contributed by atoms with Crippen molar-refractivity contribution in [2.45, 2.75) is 39.7 Å². The second-order valence-corrected chi connectivity index (χ2v) is 7.81. The van der Waals surface area contributed by atoms with Gasteiger partial charge in [0.05, 0.1) is 16.7 Å². The van der Waals surface area contributed by atoms with E-state index in [-0.39, 0.29) is 5.41 Å². The Morgan fingerprint density at radius 1 is 1.29 bits per heavy atom.